The number of aryl methyl sites for hydroxylation is 1. The molecular formula is C19H27N3O3S. The van der Waals surface area contributed by atoms with Crippen molar-refractivity contribution in [1.29, 1.82) is 0 Å². The number of methoxy groups -OCH3 is 1. The van der Waals surface area contributed by atoms with Crippen LogP contribution in [0.3, 0.4) is 0 Å². The Hall–Kier alpha value is -1.73. The minimum Gasteiger partial charge on any atom is -0.495 e. The fourth-order valence-electron chi connectivity index (χ4n) is 3.55. The van der Waals surface area contributed by atoms with Crippen molar-refractivity contribution in [2.24, 2.45) is 0 Å². The average molecular weight is 378 g/mol. The molecule has 0 aliphatic carbocycles. The van der Waals surface area contributed by atoms with E-state index in [4.69, 9.17) is 4.74 Å². The number of hydrogen-bond donors (Lipinski definition) is 2. The molecular weight excluding hydrogens is 350 g/mol. The third-order valence-electron chi connectivity index (χ3n) is 4.91. The van der Waals surface area contributed by atoms with Gasteiger partial charge in [0.25, 0.3) is 0 Å². The van der Waals surface area contributed by atoms with Crippen LogP contribution in [0.15, 0.2) is 18.2 Å². The van der Waals surface area contributed by atoms with Gasteiger partial charge in [0.2, 0.25) is 11.8 Å². The summed E-state index contributed by atoms with van der Waals surface area (Å²) >= 11 is 1.88. The second-order valence-electron chi connectivity index (χ2n) is 6.87. The lowest BCUT2D eigenvalue weighted by molar-refractivity contribution is -0.137. The van der Waals surface area contributed by atoms with E-state index < -0.39 is 6.04 Å². The Morgan fingerprint density at radius 3 is 3.00 bits per heavy atom. The molecule has 2 saturated heterocycles. The molecule has 142 valence electrons. The SMILES string of the molecule is COc1ccc(C)cc1NC(=O)C1CCCN1C(=O)CC1CSCCN1. The second-order valence-corrected chi connectivity index (χ2v) is 8.02. The first-order chi connectivity index (χ1) is 12.6. The summed E-state index contributed by atoms with van der Waals surface area (Å²) in [6.45, 7) is 3.57. The van der Waals surface area contributed by atoms with Crippen LogP contribution in [0, 0.1) is 6.92 Å². The molecule has 1 aromatic rings. The van der Waals surface area contributed by atoms with E-state index in [9.17, 15) is 9.59 Å². The normalized spacial score (nSPS) is 22.9. The lowest BCUT2D eigenvalue weighted by atomic mass is 10.1. The molecule has 0 radical (unpaired) electrons. The third kappa shape index (κ3) is 4.51. The van der Waals surface area contributed by atoms with Crippen LogP contribution in [0.2, 0.25) is 0 Å². The Morgan fingerprint density at radius 2 is 2.27 bits per heavy atom. The molecule has 3 rings (SSSR count). The Morgan fingerprint density at radius 1 is 1.42 bits per heavy atom. The smallest absolute Gasteiger partial charge is 0.247 e. The van der Waals surface area contributed by atoms with Gasteiger partial charge in [-0.1, -0.05) is 6.07 Å². The Balaban J connectivity index is 1.64. The number of anilines is 1. The minimum absolute atomic E-state index is 0.0684. The predicted molar refractivity (Wildman–Crippen MR) is 105 cm³/mol. The molecule has 6 nitrogen and oxygen atoms in total. The highest BCUT2D eigenvalue weighted by Gasteiger charge is 2.35. The van der Waals surface area contributed by atoms with E-state index in [0.717, 1.165) is 30.0 Å². The van der Waals surface area contributed by atoms with Gasteiger partial charge in [-0.05, 0) is 37.5 Å². The van der Waals surface area contributed by atoms with Gasteiger partial charge in [0, 0.05) is 37.1 Å². The van der Waals surface area contributed by atoms with E-state index in [1.54, 1.807) is 12.0 Å². The monoisotopic (exact) mass is 377 g/mol. The van der Waals surface area contributed by atoms with Gasteiger partial charge in [-0.15, -0.1) is 0 Å². The molecule has 2 aliphatic heterocycles. The zero-order chi connectivity index (χ0) is 18.5. The molecule has 26 heavy (non-hydrogen) atoms. The summed E-state index contributed by atoms with van der Waals surface area (Å²) < 4.78 is 5.33. The lowest BCUT2D eigenvalue weighted by Gasteiger charge is -2.28. The largest absolute Gasteiger partial charge is 0.495 e. The van der Waals surface area contributed by atoms with Gasteiger partial charge in [-0.2, -0.15) is 11.8 Å². The van der Waals surface area contributed by atoms with Crippen molar-refractivity contribution in [3.8, 4) is 5.75 Å². The van der Waals surface area contributed by atoms with Crippen molar-refractivity contribution >= 4 is 29.3 Å². The number of ether oxygens (including phenoxy) is 1. The number of carbonyl (C=O) groups excluding carboxylic acids is 2. The van der Waals surface area contributed by atoms with Gasteiger partial charge in [-0.3, -0.25) is 9.59 Å². The van der Waals surface area contributed by atoms with E-state index in [2.05, 4.69) is 10.6 Å². The van der Waals surface area contributed by atoms with Gasteiger partial charge in [-0.25, -0.2) is 0 Å². The van der Waals surface area contributed by atoms with Crippen LogP contribution in [0.5, 0.6) is 5.75 Å². The van der Waals surface area contributed by atoms with Crippen LogP contribution in [0.4, 0.5) is 5.69 Å². The zero-order valence-electron chi connectivity index (χ0n) is 15.4. The standard InChI is InChI=1S/C19H27N3O3S/c1-13-5-6-17(25-2)15(10-13)21-19(24)16-4-3-8-22(16)18(23)11-14-12-26-9-7-20-14/h5-6,10,14,16,20H,3-4,7-9,11-12H2,1-2H3,(H,21,24). The van der Waals surface area contributed by atoms with Gasteiger partial charge < -0.3 is 20.3 Å². The molecule has 0 saturated carbocycles. The summed E-state index contributed by atoms with van der Waals surface area (Å²) in [6.07, 6.45) is 2.03. The number of rotatable bonds is 5. The predicted octanol–water partition coefficient (Wildman–Crippen LogP) is 2.03. The summed E-state index contributed by atoms with van der Waals surface area (Å²) in [5.41, 5.74) is 1.70. The van der Waals surface area contributed by atoms with Gasteiger partial charge >= 0.3 is 0 Å². The minimum atomic E-state index is -0.399. The first-order valence-corrected chi connectivity index (χ1v) is 10.3. The van der Waals surface area contributed by atoms with Crippen LogP contribution in [0.25, 0.3) is 0 Å². The summed E-state index contributed by atoms with van der Waals surface area (Å²) in [4.78, 5) is 27.3. The average Bonchev–Trinajstić information content (AvgIpc) is 3.13. The number of likely N-dealkylation sites (tertiary alicyclic amines) is 1. The third-order valence-corrected chi connectivity index (χ3v) is 6.04. The number of nitrogens with zero attached hydrogens (tertiary/aromatic N) is 1. The lowest BCUT2D eigenvalue weighted by Crippen LogP contribution is -2.47. The summed E-state index contributed by atoms with van der Waals surface area (Å²) in [5.74, 6) is 2.61. The van der Waals surface area contributed by atoms with Crippen LogP contribution >= 0.6 is 11.8 Å². The van der Waals surface area contributed by atoms with E-state index >= 15 is 0 Å². The van der Waals surface area contributed by atoms with Crippen molar-refractivity contribution in [2.45, 2.75) is 38.3 Å². The molecule has 2 atom stereocenters. The van der Waals surface area contributed by atoms with Gasteiger partial charge in [0.05, 0.1) is 12.8 Å². The molecule has 2 aliphatic rings. The molecule has 2 unspecified atom stereocenters. The molecule has 0 aromatic heterocycles. The van der Waals surface area contributed by atoms with E-state index in [1.807, 2.05) is 36.9 Å². The Kier molecular flexibility index (Phi) is 6.43. The van der Waals surface area contributed by atoms with Crippen molar-refractivity contribution in [1.82, 2.24) is 10.2 Å². The number of carbonyl (C=O) groups is 2. The van der Waals surface area contributed by atoms with Crippen molar-refractivity contribution in [3.63, 3.8) is 0 Å². The fourth-order valence-corrected chi connectivity index (χ4v) is 4.50. The van der Waals surface area contributed by atoms with Crippen LogP contribution in [-0.4, -0.2) is 60.5 Å². The van der Waals surface area contributed by atoms with E-state index in [1.165, 1.54) is 0 Å². The van der Waals surface area contributed by atoms with E-state index in [0.29, 0.717) is 30.8 Å². The number of nitrogens with one attached hydrogen (secondary N) is 2. The van der Waals surface area contributed by atoms with Gasteiger partial charge in [0.15, 0.2) is 0 Å². The molecule has 2 N–H and O–H groups in total. The maximum absolute atomic E-state index is 12.8. The Labute approximate surface area is 159 Å². The summed E-state index contributed by atoms with van der Waals surface area (Å²) in [6, 6.07) is 5.48. The van der Waals surface area contributed by atoms with Crippen LogP contribution in [-0.2, 0) is 9.59 Å². The number of amides is 2. The molecule has 2 fully saturated rings. The topological polar surface area (TPSA) is 70.7 Å². The highest BCUT2D eigenvalue weighted by molar-refractivity contribution is 7.99. The molecule has 1 aromatic carbocycles. The molecule has 2 heterocycles. The highest BCUT2D eigenvalue weighted by Crippen LogP contribution is 2.27. The Bertz CT molecular complexity index is 661. The maximum atomic E-state index is 12.8. The zero-order valence-corrected chi connectivity index (χ0v) is 16.2. The van der Waals surface area contributed by atoms with Crippen molar-refractivity contribution < 1.29 is 14.3 Å². The number of benzene rings is 1. The quantitative estimate of drug-likeness (QED) is 0.822. The van der Waals surface area contributed by atoms with Crippen molar-refractivity contribution in [3.05, 3.63) is 23.8 Å². The maximum Gasteiger partial charge on any atom is 0.247 e. The number of thioether (sulfide) groups is 1. The first kappa shape index (κ1) is 19.0. The van der Waals surface area contributed by atoms with Crippen molar-refractivity contribution in [2.75, 3.05) is 37.0 Å². The molecule has 2 amide bonds. The molecule has 7 heteroatoms. The first-order valence-electron chi connectivity index (χ1n) is 9.14. The molecule has 0 spiro atoms. The van der Waals surface area contributed by atoms with Crippen LogP contribution in [0.1, 0.15) is 24.8 Å². The second kappa shape index (κ2) is 8.77. The van der Waals surface area contributed by atoms with Crippen LogP contribution < -0.4 is 15.4 Å². The summed E-state index contributed by atoms with van der Waals surface area (Å²) in [7, 11) is 1.58. The fraction of sp³-hybridized carbons (Fsp3) is 0.579. The summed E-state index contributed by atoms with van der Waals surface area (Å²) in [5, 5.41) is 6.35. The highest BCUT2D eigenvalue weighted by atomic mass is 32.2. The van der Waals surface area contributed by atoms with Gasteiger partial charge in [0.1, 0.15) is 11.8 Å². The number of hydrogen-bond acceptors (Lipinski definition) is 5. The molecule has 0 bridgehead atoms. The van der Waals surface area contributed by atoms with E-state index in [-0.39, 0.29) is 17.9 Å².